The summed E-state index contributed by atoms with van der Waals surface area (Å²) in [5.74, 6) is 0.129. The van der Waals surface area contributed by atoms with Crippen LogP contribution in [-0.2, 0) is 9.53 Å². The van der Waals surface area contributed by atoms with Gasteiger partial charge in [-0.05, 0) is 57.9 Å². The van der Waals surface area contributed by atoms with Gasteiger partial charge in [0.05, 0.1) is 0 Å². The first kappa shape index (κ1) is 16.8. The number of benzene rings is 1. The smallest absolute Gasteiger partial charge is 0.426 e. The van der Waals surface area contributed by atoms with Crippen molar-refractivity contribution in [3.05, 3.63) is 29.3 Å². The van der Waals surface area contributed by atoms with Crippen LogP contribution in [0, 0.1) is 13.8 Å². The van der Waals surface area contributed by atoms with Crippen molar-refractivity contribution in [1.82, 2.24) is 10.9 Å². The van der Waals surface area contributed by atoms with E-state index in [-0.39, 0.29) is 6.61 Å². The van der Waals surface area contributed by atoms with Gasteiger partial charge in [-0.1, -0.05) is 6.07 Å². The Labute approximate surface area is 124 Å². The molecule has 0 aliphatic heterocycles. The molecule has 6 heteroatoms. The predicted molar refractivity (Wildman–Crippen MR) is 78.9 cm³/mol. The number of rotatable bonds is 3. The van der Waals surface area contributed by atoms with Crippen molar-refractivity contribution in [2.45, 2.75) is 40.2 Å². The molecule has 2 amide bonds. The zero-order valence-corrected chi connectivity index (χ0v) is 13.1. The van der Waals surface area contributed by atoms with Gasteiger partial charge in [0, 0.05) is 0 Å². The highest BCUT2D eigenvalue weighted by Crippen LogP contribution is 2.16. The Bertz CT molecular complexity index is 521. The maximum Gasteiger partial charge on any atom is 0.426 e. The summed E-state index contributed by atoms with van der Waals surface area (Å²) < 4.78 is 10.3. The third-order valence-electron chi connectivity index (χ3n) is 2.55. The first-order valence-electron chi connectivity index (χ1n) is 6.65. The SMILES string of the molecule is Cc1ccc(OCC(=O)NNC(=O)OC(C)(C)C)cc1C. The van der Waals surface area contributed by atoms with Crippen molar-refractivity contribution in [3.63, 3.8) is 0 Å². The lowest BCUT2D eigenvalue weighted by atomic mass is 10.1. The Morgan fingerprint density at radius 3 is 2.33 bits per heavy atom. The van der Waals surface area contributed by atoms with Gasteiger partial charge < -0.3 is 9.47 Å². The number of carbonyl (C=O) groups excluding carboxylic acids is 2. The summed E-state index contributed by atoms with van der Waals surface area (Å²) in [4.78, 5) is 22.9. The van der Waals surface area contributed by atoms with Gasteiger partial charge in [0.25, 0.3) is 5.91 Å². The summed E-state index contributed by atoms with van der Waals surface area (Å²) in [5, 5.41) is 0. The Morgan fingerprint density at radius 1 is 1.10 bits per heavy atom. The molecule has 0 aliphatic carbocycles. The average Bonchev–Trinajstić information content (AvgIpc) is 2.36. The van der Waals surface area contributed by atoms with E-state index in [4.69, 9.17) is 9.47 Å². The van der Waals surface area contributed by atoms with Crippen molar-refractivity contribution in [3.8, 4) is 5.75 Å². The molecule has 0 spiro atoms. The fourth-order valence-corrected chi connectivity index (χ4v) is 1.41. The number of ether oxygens (including phenoxy) is 2. The van der Waals surface area contributed by atoms with E-state index in [2.05, 4.69) is 10.9 Å². The Kier molecular flexibility index (Phi) is 5.58. The van der Waals surface area contributed by atoms with Gasteiger partial charge in [-0.25, -0.2) is 10.2 Å². The van der Waals surface area contributed by atoms with E-state index < -0.39 is 17.6 Å². The zero-order chi connectivity index (χ0) is 16.0. The van der Waals surface area contributed by atoms with Gasteiger partial charge in [-0.15, -0.1) is 0 Å². The van der Waals surface area contributed by atoms with E-state index in [9.17, 15) is 9.59 Å². The fraction of sp³-hybridized carbons (Fsp3) is 0.467. The second-order valence-corrected chi connectivity index (χ2v) is 5.71. The normalized spacial score (nSPS) is 10.7. The summed E-state index contributed by atoms with van der Waals surface area (Å²) >= 11 is 0. The Balaban J connectivity index is 2.34. The van der Waals surface area contributed by atoms with Crippen molar-refractivity contribution in [2.24, 2.45) is 0 Å². The molecule has 0 unspecified atom stereocenters. The lowest BCUT2D eigenvalue weighted by molar-refractivity contribution is -0.124. The van der Waals surface area contributed by atoms with Gasteiger partial charge in [0.15, 0.2) is 6.61 Å². The summed E-state index contributed by atoms with van der Waals surface area (Å²) in [6, 6.07) is 5.56. The Hall–Kier alpha value is -2.24. The molecular weight excluding hydrogens is 272 g/mol. The molecule has 0 aromatic heterocycles. The molecule has 6 nitrogen and oxygen atoms in total. The number of hydrogen-bond acceptors (Lipinski definition) is 4. The van der Waals surface area contributed by atoms with Crippen molar-refractivity contribution in [1.29, 1.82) is 0 Å². The van der Waals surface area contributed by atoms with Crippen LogP contribution in [0.3, 0.4) is 0 Å². The minimum Gasteiger partial charge on any atom is -0.484 e. The van der Waals surface area contributed by atoms with E-state index >= 15 is 0 Å². The summed E-state index contributed by atoms with van der Waals surface area (Å²) in [6.45, 7) is 8.97. The molecule has 0 saturated heterocycles. The van der Waals surface area contributed by atoms with Crippen LogP contribution in [0.15, 0.2) is 18.2 Å². The highest BCUT2D eigenvalue weighted by Gasteiger charge is 2.16. The third-order valence-corrected chi connectivity index (χ3v) is 2.55. The maximum absolute atomic E-state index is 11.5. The molecule has 1 rings (SSSR count). The minimum atomic E-state index is -0.720. The number of amides is 2. The molecule has 21 heavy (non-hydrogen) atoms. The van der Waals surface area contributed by atoms with Crippen LogP contribution in [0.1, 0.15) is 31.9 Å². The number of carbonyl (C=O) groups is 2. The molecule has 0 heterocycles. The quantitative estimate of drug-likeness (QED) is 0.838. The molecule has 0 aliphatic rings. The molecule has 1 aromatic rings. The van der Waals surface area contributed by atoms with Crippen LogP contribution >= 0.6 is 0 Å². The molecule has 1 aromatic carbocycles. The molecule has 0 fully saturated rings. The highest BCUT2D eigenvalue weighted by molar-refractivity contribution is 5.80. The van der Waals surface area contributed by atoms with E-state index in [1.807, 2.05) is 26.0 Å². The van der Waals surface area contributed by atoms with Gasteiger partial charge >= 0.3 is 6.09 Å². The minimum absolute atomic E-state index is 0.196. The number of hydrogen-bond donors (Lipinski definition) is 2. The Morgan fingerprint density at radius 2 is 1.76 bits per heavy atom. The fourth-order valence-electron chi connectivity index (χ4n) is 1.41. The molecular formula is C15H22N2O4. The highest BCUT2D eigenvalue weighted by atomic mass is 16.6. The summed E-state index contributed by atoms with van der Waals surface area (Å²) in [6.07, 6.45) is -0.720. The summed E-state index contributed by atoms with van der Waals surface area (Å²) in [7, 11) is 0. The summed E-state index contributed by atoms with van der Waals surface area (Å²) in [5.41, 5.74) is 5.98. The van der Waals surface area contributed by atoms with E-state index in [0.717, 1.165) is 11.1 Å². The molecule has 0 bridgehead atoms. The lowest BCUT2D eigenvalue weighted by Crippen LogP contribution is -2.45. The number of hydrazine groups is 1. The number of aryl methyl sites for hydroxylation is 2. The second-order valence-electron chi connectivity index (χ2n) is 5.71. The lowest BCUT2D eigenvalue weighted by Gasteiger charge is -2.19. The van der Waals surface area contributed by atoms with E-state index in [1.54, 1.807) is 26.8 Å². The van der Waals surface area contributed by atoms with Crippen LogP contribution in [0.4, 0.5) is 4.79 Å². The largest absolute Gasteiger partial charge is 0.484 e. The number of nitrogens with one attached hydrogen (secondary N) is 2. The van der Waals surface area contributed by atoms with E-state index in [0.29, 0.717) is 5.75 Å². The monoisotopic (exact) mass is 294 g/mol. The van der Waals surface area contributed by atoms with Gasteiger partial charge in [0.1, 0.15) is 11.4 Å². The van der Waals surface area contributed by atoms with Crippen LogP contribution in [-0.4, -0.2) is 24.2 Å². The molecule has 2 N–H and O–H groups in total. The van der Waals surface area contributed by atoms with Crippen LogP contribution in [0.25, 0.3) is 0 Å². The van der Waals surface area contributed by atoms with Crippen molar-refractivity contribution in [2.75, 3.05) is 6.61 Å². The molecule has 0 atom stereocenters. The first-order valence-corrected chi connectivity index (χ1v) is 6.65. The van der Waals surface area contributed by atoms with Gasteiger partial charge in [-0.2, -0.15) is 0 Å². The van der Waals surface area contributed by atoms with Crippen molar-refractivity contribution < 1.29 is 19.1 Å². The standard InChI is InChI=1S/C15H22N2O4/c1-10-6-7-12(8-11(10)2)20-9-13(18)16-17-14(19)21-15(3,4)5/h6-8H,9H2,1-5H3,(H,16,18)(H,17,19). The first-order chi connectivity index (χ1) is 9.67. The zero-order valence-electron chi connectivity index (χ0n) is 13.1. The topological polar surface area (TPSA) is 76.7 Å². The molecule has 116 valence electrons. The maximum atomic E-state index is 11.5. The predicted octanol–water partition coefficient (Wildman–Crippen LogP) is 2.24. The molecule has 0 radical (unpaired) electrons. The molecule has 0 saturated carbocycles. The van der Waals surface area contributed by atoms with Gasteiger partial charge in [-0.3, -0.25) is 10.2 Å². The van der Waals surface area contributed by atoms with Crippen LogP contribution in [0.5, 0.6) is 5.75 Å². The second kappa shape index (κ2) is 6.97. The van der Waals surface area contributed by atoms with Gasteiger partial charge in [0.2, 0.25) is 0 Å². The average molecular weight is 294 g/mol. The third kappa shape index (κ3) is 6.65. The van der Waals surface area contributed by atoms with Crippen LogP contribution in [0.2, 0.25) is 0 Å². The van der Waals surface area contributed by atoms with E-state index in [1.165, 1.54) is 0 Å². The van der Waals surface area contributed by atoms with Crippen LogP contribution < -0.4 is 15.6 Å². The van der Waals surface area contributed by atoms with Crippen molar-refractivity contribution >= 4 is 12.0 Å².